The van der Waals surface area contributed by atoms with Crippen molar-refractivity contribution in [2.75, 3.05) is 18.4 Å². The smallest absolute Gasteiger partial charge is 0.254 e. The van der Waals surface area contributed by atoms with E-state index in [9.17, 15) is 4.79 Å². The first-order valence-electron chi connectivity index (χ1n) is 7.13. The van der Waals surface area contributed by atoms with Crippen LogP contribution in [0.2, 0.25) is 0 Å². The molecule has 6 heteroatoms. The van der Waals surface area contributed by atoms with E-state index in [0.29, 0.717) is 23.1 Å². The van der Waals surface area contributed by atoms with Gasteiger partial charge in [-0.15, -0.1) is 0 Å². The molecule has 4 N–H and O–H groups in total. The SMILES string of the molecule is Cc1nn(C)c(NCC2NCCCC2(C)C)c1C(N)=O. The van der Waals surface area contributed by atoms with E-state index in [-0.39, 0.29) is 5.41 Å². The minimum atomic E-state index is -0.436. The van der Waals surface area contributed by atoms with E-state index in [0.717, 1.165) is 13.1 Å². The molecule has 112 valence electrons. The molecule has 1 aromatic rings. The van der Waals surface area contributed by atoms with Crippen molar-refractivity contribution in [3.05, 3.63) is 11.3 Å². The van der Waals surface area contributed by atoms with Crippen LogP contribution in [-0.4, -0.2) is 34.8 Å². The summed E-state index contributed by atoms with van der Waals surface area (Å²) >= 11 is 0. The first-order valence-corrected chi connectivity index (χ1v) is 7.13. The highest BCUT2D eigenvalue weighted by atomic mass is 16.1. The number of piperidine rings is 1. The lowest BCUT2D eigenvalue weighted by molar-refractivity contribution is 0.100. The van der Waals surface area contributed by atoms with Crippen molar-refractivity contribution in [2.45, 2.75) is 39.7 Å². The summed E-state index contributed by atoms with van der Waals surface area (Å²) < 4.78 is 1.69. The van der Waals surface area contributed by atoms with E-state index in [2.05, 4.69) is 29.6 Å². The molecule has 0 aromatic carbocycles. The number of hydrogen-bond acceptors (Lipinski definition) is 4. The number of primary amides is 1. The molecule has 1 amide bonds. The quantitative estimate of drug-likeness (QED) is 0.768. The van der Waals surface area contributed by atoms with Crippen LogP contribution in [0.15, 0.2) is 0 Å². The molecule has 6 nitrogen and oxygen atoms in total. The van der Waals surface area contributed by atoms with Crippen LogP contribution in [0.25, 0.3) is 0 Å². The number of hydrogen-bond donors (Lipinski definition) is 3. The highest BCUT2D eigenvalue weighted by molar-refractivity contribution is 5.98. The van der Waals surface area contributed by atoms with Crippen molar-refractivity contribution >= 4 is 11.7 Å². The molecule has 2 rings (SSSR count). The molecule has 0 saturated carbocycles. The number of nitrogens with one attached hydrogen (secondary N) is 2. The van der Waals surface area contributed by atoms with Gasteiger partial charge in [0.1, 0.15) is 11.4 Å². The average Bonchev–Trinajstić information content (AvgIpc) is 2.62. The average molecular weight is 279 g/mol. The van der Waals surface area contributed by atoms with Crippen molar-refractivity contribution in [3.8, 4) is 0 Å². The van der Waals surface area contributed by atoms with Crippen LogP contribution in [0.5, 0.6) is 0 Å². The fourth-order valence-electron chi connectivity index (χ4n) is 2.97. The van der Waals surface area contributed by atoms with Crippen molar-refractivity contribution in [1.29, 1.82) is 0 Å². The van der Waals surface area contributed by atoms with E-state index < -0.39 is 5.91 Å². The van der Waals surface area contributed by atoms with E-state index in [1.807, 2.05) is 7.05 Å². The molecule has 1 aromatic heterocycles. The normalized spacial score (nSPS) is 21.7. The van der Waals surface area contributed by atoms with Crippen molar-refractivity contribution < 1.29 is 4.79 Å². The molecule has 20 heavy (non-hydrogen) atoms. The fourth-order valence-corrected chi connectivity index (χ4v) is 2.97. The van der Waals surface area contributed by atoms with Crippen LogP contribution in [0.1, 0.15) is 42.7 Å². The lowest BCUT2D eigenvalue weighted by Crippen LogP contribution is -2.50. The first kappa shape index (κ1) is 14.8. The standard InChI is InChI=1S/C14H25N5O/c1-9-11(12(15)20)13(19(4)18-9)17-8-10-14(2,3)6-5-7-16-10/h10,16-17H,5-8H2,1-4H3,(H2,15,20). The zero-order chi connectivity index (χ0) is 14.9. The Bertz CT molecular complexity index is 506. The number of carbonyl (C=O) groups is 1. The molecule has 0 aliphatic carbocycles. The van der Waals surface area contributed by atoms with Gasteiger partial charge in [0.15, 0.2) is 0 Å². The maximum Gasteiger partial charge on any atom is 0.254 e. The Morgan fingerprint density at radius 3 is 2.90 bits per heavy atom. The van der Waals surface area contributed by atoms with Gasteiger partial charge < -0.3 is 16.4 Å². The Labute approximate surface area is 120 Å². The summed E-state index contributed by atoms with van der Waals surface area (Å²) in [4.78, 5) is 11.5. The van der Waals surface area contributed by atoms with Gasteiger partial charge in [-0.05, 0) is 31.7 Å². The van der Waals surface area contributed by atoms with Gasteiger partial charge in [-0.1, -0.05) is 13.8 Å². The number of nitrogens with two attached hydrogens (primary N) is 1. The summed E-state index contributed by atoms with van der Waals surface area (Å²) in [6.45, 7) is 8.15. The second-order valence-corrected chi connectivity index (χ2v) is 6.28. The van der Waals surface area contributed by atoms with Crippen molar-refractivity contribution in [1.82, 2.24) is 15.1 Å². The summed E-state index contributed by atoms with van der Waals surface area (Å²) in [6.07, 6.45) is 2.42. The summed E-state index contributed by atoms with van der Waals surface area (Å²) in [5.74, 6) is 0.270. The lowest BCUT2D eigenvalue weighted by Gasteiger charge is -2.39. The Balaban J connectivity index is 2.13. The monoisotopic (exact) mass is 279 g/mol. The molecule has 0 radical (unpaired) electrons. The van der Waals surface area contributed by atoms with Gasteiger partial charge in [0, 0.05) is 19.6 Å². The lowest BCUT2D eigenvalue weighted by atomic mass is 9.77. The number of rotatable bonds is 4. The third kappa shape index (κ3) is 2.80. The molecule has 1 aliphatic rings. The van der Waals surface area contributed by atoms with Crippen molar-refractivity contribution in [3.63, 3.8) is 0 Å². The number of aromatic nitrogens is 2. The molecule has 0 spiro atoms. The predicted molar refractivity (Wildman–Crippen MR) is 79.8 cm³/mol. The minimum Gasteiger partial charge on any atom is -0.368 e. The van der Waals surface area contributed by atoms with Crippen LogP contribution >= 0.6 is 0 Å². The highest BCUT2D eigenvalue weighted by Gasteiger charge is 2.32. The van der Waals surface area contributed by atoms with Crippen LogP contribution in [-0.2, 0) is 7.05 Å². The van der Waals surface area contributed by atoms with Gasteiger partial charge in [-0.3, -0.25) is 9.48 Å². The van der Waals surface area contributed by atoms with Gasteiger partial charge in [-0.25, -0.2) is 0 Å². The van der Waals surface area contributed by atoms with Crippen LogP contribution in [0.4, 0.5) is 5.82 Å². The summed E-state index contributed by atoms with van der Waals surface area (Å²) in [5, 5.41) is 11.2. The maximum atomic E-state index is 11.5. The zero-order valence-electron chi connectivity index (χ0n) is 12.8. The molecule has 1 fully saturated rings. The van der Waals surface area contributed by atoms with Gasteiger partial charge >= 0.3 is 0 Å². The number of aryl methyl sites for hydroxylation is 2. The molecular weight excluding hydrogens is 254 g/mol. The minimum absolute atomic E-state index is 0.242. The van der Waals surface area contributed by atoms with Crippen LogP contribution in [0, 0.1) is 12.3 Å². The van der Waals surface area contributed by atoms with E-state index in [1.54, 1.807) is 11.6 Å². The van der Waals surface area contributed by atoms with Gasteiger partial charge in [0.25, 0.3) is 5.91 Å². The number of carbonyl (C=O) groups excluding carboxylic acids is 1. The Hall–Kier alpha value is -1.56. The summed E-state index contributed by atoms with van der Waals surface area (Å²) in [6, 6.07) is 0.368. The number of amides is 1. The van der Waals surface area contributed by atoms with Gasteiger partial charge in [0.05, 0.1) is 5.69 Å². The predicted octanol–water partition coefficient (Wildman–Crippen LogP) is 1.02. The molecule has 1 saturated heterocycles. The Kier molecular flexibility index (Phi) is 4.04. The largest absolute Gasteiger partial charge is 0.368 e. The summed E-state index contributed by atoms with van der Waals surface area (Å²) in [7, 11) is 1.82. The third-order valence-corrected chi connectivity index (χ3v) is 4.27. The Morgan fingerprint density at radius 2 is 2.30 bits per heavy atom. The zero-order valence-corrected chi connectivity index (χ0v) is 12.8. The third-order valence-electron chi connectivity index (χ3n) is 4.27. The molecule has 1 aliphatic heterocycles. The summed E-state index contributed by atoms with van der Waals surface area (Å²) in [5.41, 5.74) is 6.84. The molecule has 2 heterocycles. The van der Waals surface area contributed by atoms with E-state index in [1.165, 1.54) is 12.8 Å². The maximum absolute atomic E-state index is 11.5. The fraction of sp³-hybridized carbons (Fsp3) is 0.714. The van der Waals surface area contributed by atoms with Gasteiger partial charge in [-0.2, -0.15) is 5.10 Å². The topological polar surface area (TPSA) is 85.0 Å². The number of nitrogens with zero attached hydrogens (tertiary/aromatic N) is 2. The van der Waals surface area contributed by atoms with Crippen LogP contribution < -0.4 is 16.4 Å². The second-order valence-electron chi connectivity index (χ2n) is 6.28. The molecule has 0 bridgehead atoms. The second kappa shape index (κ2) is 5.44. The highest BCUT2D eigenvalue weighted by Crippen LogP contribution is 2.30. The Morgan fingerprint density at radius 1 is 1.60 bits per heavy atom. The first-order chi connectivity index (χ1) is 9.33. The molecule has 1 unspecified atom stereocenters. The molecular formula is C14H25N5O. The van der Waals surface area contributed by atoms with Gasteiger partial charge in [0.2, 0.25) is 0 Å². The molecule has 1 atom stereocenters. The van der Waals surface area contributed by atoms with E-state index in [4.69, 9.17) is 5.73 Å². The van der Waals surface area contributed by atoms with Crippen LogP contribution in [0.3, 0.4) is 0 Å². The number of anilines is 1. The van der Waals surface area contributed by atoms with Crippen molar-refractivity contribution in [2.24, 2.45) is 18.2 Å². The van der Waals surface area contributed by atoms with E-state index >= 15 is 0 Å².